The van der Waals surface area contributed by atoms with Gasteiger partial charge in [0.15, 0.2) is 5.82 Å². The standard InChI is InChI=1S/C10H8BrN5O4/c1-5-6(16(18)19)3-12-9(7(5)11)15-4-13-8(14-15)10(17)20-2/h3-4H,1-2H3. The number of nitrogens with zero attached hydrogens (tertiary/aromatic N) is 5. The molecule has 0 aliphatic rings. The normalized spacial score (nSPS) is 10.3. The molecule has 2 aromatic heterocycles. The first-order valence-electron chi connectivity index (χ1n) is 5.25. The lowest BCUT2D eigenvalue weighted by Gasteiger charge is -2.05. The third-order valence-corrected chi connectivity index (χ3v) is 3.44. The van der Waals surface area contributed by atoms with E-state index in [0.717, 1.165) is 6.20 Å². The Morgan fingerprint density at radius 2 is 2.20 bits per heavy atom. The number of methoxy groups -OCH3 is 1. The Labute approximate surface area is 120 Å². The van der Waals surface area contributed by atoms with Crippen LogP contribution in [0.3, 0.4) is 0 Å². The van der Waals surface area contributed by atoms with Crippen molar-refractivity contribution < 1.29 is 14.5 Å². The average Bonchev–Trinajstić information content (AvgIpc) is 2.90. The first kappa shape index (κ1) is 14.1. The second-order valence-electron chi connectivity index (χ2n) is 3.67. The second-order valence-corrected chi connectivity index (χ2v) is 4.46. The zero-order valence-electron chi connectivity index (χ0n) is 10.4. The average molecular weight is 342 g/mol. The molecule has 0 radical (unpaired) electrons. The lowest BCUT2D eigenvalue weighted by Crippen LogP contribution is -2.07. The lowest BCUT2D eigenvalue weighted by molar-refractivity contribution is -0.385. The first-order chi connectivity index (χ1) is 9.45. The van der Waals surface area contributed by atoms with Crippen molar-refractivity contribution in [3.05, 3.63) is 38.5 Å². The summed E-state index contributed by atoms with van der Waals surface area (Å²) in [5.41, 5.74) is 0.282. The van der Waals surface area contributed by atoms with Crippen LogP contribution in [0.15, 0.2) is 17.0 Å². The molecule has 0 atom stereocenters. The highest BCUT2D eigenvalue weighted by Gasteiger charge is 2.20. The fourth-order valence-corrected chi connectivity index (χ4v) is 1.94. The van der Waals surface area contributed by atoms with Crippen LogP contribution in [0.2, 0.25) is 0 Å². The van der Waals surface area contributed by atoms with E-state index in [4.69, 9.17) is 0 Å². The molecule has 0 spiro atoms. The molecule has 104 valence electrons. The molecule has 0 saturated carbocycles. The number of carbonyl (C=O) groups excluding carboxylic acids is 1. The molecular weight excluding hydrogens is 334 g/mol. The van der Waals surface area contributed by atoms with Gasteiger partial charge in [-0.3, -0.25) is 10.1 Å². The molecule has 0 amide bonds. The zero-order chi connectivity index (χ0) is 14.9. The van der Waals surface area contributed by atoms with Gasteiger partial charge in [-0.2, -0.15) is 0 Å². The maximum absolute atomic E-state index is 11.3. The van der Waals surface area contributed by atoms with Crippen molar-refractivity contribution in [2.45, 2.75) is 6.92 Å². The molecule has 2 aromatic rings. The number of hydrogen-bond donors (Lipinski definition) is 0. The van der Waals surface area contributed by atoms with Crippen molar-refractivity contribution >= 4 is 27.6 Å². The molecular formula is C10H8BrN5O4. The van der Waals surface area contributed by atoms with E-state index in [0.29, 0.717) is 10.0 Å². The zero-order valence-corrected chi connectivity index (χ0v) is 12.0. The largest absolute Gasteiger partial charge is 0.463 e. The molecule has 2 heterocycles. The summed E-state index contributed by atoms with van der Waals surface area (Å²) in [4.78, 5) is 29.3. The van der Waals surface area contributed by atoms with Crippen molar-refractivity contribution in [2.24, 2.45) is 0 Å². The summed E-state index contributed by atoms with van der Waals surface area (Å²) in [6, 6.07) is 0. The Morgan fingerprint density at radius 3 is 2.80 bits per heavy atom. The highest BCUT2D eigenvalue weighted by molar-refractivity contribution is 9.10. The van der Waals surface area contributed by atoms with Crippen molar-refractivity contribution in [1.29, 1.82) is 0 Å². The SMILES string of the molecule is COC(=O)c1ncn(-c2ncc([N+](=O)[O-])c(C)c2Br)n1. The van der Waals surface area contributed by atoms with Crippen molar-refractivity contribution in [1.82, 2.24) is 19.7 Å². The maximum atomic E-state index is 11.3. The van der Waals surface area contributed by atoms with Crippen LogP contribution in [0, 0.1) is 17.0 Å². The number of rotatable bonds is 3. The minimum atomic E-state index is -0.682. The highest BCUT2D eigenvalue weighted by Crippen LogP contribution is 2.29. The van der Waals surface area contributed by atoms with Gasteiger partial charge >= 0.3 is 5.97 Å². The predicted octanol–water partition coefficient (Wildman–Crippen LogP) is 1.43. The van der Waals surface area contributed by atoms with Gasteiger partial charge in [-0.1, -0.05) is 0 Å². The van der Waals surface area contributed by atoms with E-state index >= 15 is 0 Å². The molecule has 20 heavy (non-hydrogen) atoms. The van der Waals surface area contributed by atoms with Gasteiger partial charge in [0.05, 0.1) is 16.5 Å². The van der Waals surface area contributed by atoms with E-state index in [1.165, 1.54) is 18.1 Å². The molecule has 0 N–H and O–H groups in total. The lowest BCUT2D eigenvalue weighted by atomic mass is 10.2. The molecule has 0 bridgehead atoms. The van der Waals surface area contributed by atoms with Gasteiger partial charge in [0.25, 0.3) is 11.5 Å². The van der Waals surface area contributed by atoms with E-state index in [9.17, 15) is 14.9 Å². The van der Waals surface area contributed by atoms with Crippen LogP contribution in [0.5, 0.6) is 0 Å². The van der Waals surface area contributed by atoms with Crippen LogP contribution in [-0.2, 0) is 4.74 Å². The van der Waals surface area contributed by atoms with Gasteiger partial charge in [-0.05, 0) is 22.9 Å². The Hall–Kier alpha value is -2.36. The number of esters is 1. The maximum Gasteiger partial charge on any atom is 0.377 e. The topological polar surface area (TPSA) is 113 Å². The summed E-state index contributed by atoms with van der Waals surface area (Å²) in [6.45, 7) is 1.57. The van der Waals surface area contributed by atoms with Gasteiger partial charge in [0, 0.05) is 5.56 Å². The third-order valence-electron chi connectivity index (χ3n) is 2.49. The number of halogens is 1. The molecule has 0 saturated heterocycles. The fraction of sp³-hybridized carbons (Fsp3) is 0.200. The minimum Gasteiger partial charge on any atom is -0.463 e. The van der Waals surface area contributed by atoms with Crippen molar-refractivity contribution in [2.75, 3.05) is 7.11 Å². The van der Waals surface area contributed by atoms with Gasteiger partial charge in [-0.15, -0.1) is 5.10 Å². The molecule has 2 rings (SSSR count). The number of nitro groups is 1. The van der Waals surface area contributed by atoms with E-state index in [1.807, 2.05) is 0 Å². The molecule has 0 aliphatic carbocycles. The molecule has 0 unspecified atom stereocenters. The monoisotopic (exact) mass is 341 g/mol. The molecule has 10 heteroatoms. The van der Waals surface area contributed by atoms with Gasteiger partial charge in [-0.25, -0.2) is 19.4 Å². The Kier molecular flexibility index (Phi) is 3.74. The molecule has 0 fully saturated rings. The number of ether oxygens (including phenoxy) is 1. The van der Waals surface area contributed by atoms with Crippen LogP contribution < -0.4 is 0 Å². The fourth-order valence-electron chi connectivity index (χ4n) is 1.45. The Balaban J connectivity index is 2.49. The van der Waals surface area contributed by atoms with Crippen LogP contribution >= 0.6 is 15.9 Å². The number of aromatic nitrogens is 4. The molecule has 0 aliphatic heterocycles. The number of pyridine rings is 1. The van der Waals surface area contributed by atoms with E-state index < -0.39 is 10.9 Å². The van der Waals surface area contributed by atoms with Crippen molar-refractivity contribution in [3.63, 3.8) is 0 Å². The summed E-state index contributed by atoms with van der Waals surface area (Å²) >= 11 is 3.23. The summed E-state index contributed by atoms with van der Waals surface area (Å²) in [5, 5.41) is 14.7. The Morgan fingerprint density at radius 1 is 1.50 bits per heavy atom. The summed E-state index contributed by atoms with van der Waals surface area (Å²) < 4.78 is 6.12. The van der Waals surface area contributed by atoms with Crippen LogP contribution in [-0.4, -0.2) is 37.8 Å². The smallest absolute Gasteiger partial charge is 0.377 e. The second kappa shape index (κ2) is 5.33. The minimum absolute atomic E-state index is 0.117. The number of hydrogen-bond acceptors (Lipinski definition) is 7. The van der Waals surface area contributed by atoms with E-state index in [-0.39, 0.29) is 17.3 Å². The Bertz CT molecular complexity index is 699. The van der Waals surface area contributed by atoms with Gasteiger partial charge in [0.2, 0.25) is 0 Å². The highest BCUT2D eigenvalue weighted by atomic mass is 79.9. The van der Waals surface area contributed by atoms with E-state index in [2.05, 4.69) is 35.7 Å². The van der Waals surface area contributed by atoms with Crippen LogP contribution in [0.1, 0.15) is 16.2 Å². The summed E-state index contributed by atoms with van der Waals surface area (Å²) in [7, 11) is 1.22. The van der Waals surface area contributed by atoms with E-state index in [1.54, 1.807) is 6.92 Å². The quantitative estimate of drug-likeness (QED) is 0.471. The van der Waals surface area contributed by atoms with Crippen LogP contribution in [0.4, 0.5) is 5.69 Å². The van der Waals surface area contributed by atoms with Gasteiger partial charge < -0.3 is 4.74 Å². The molecule has 9 nitrogen and oxygen atoms in total. The first-order valence-corrected chi connectivity index (χ1v) is 6.04. The third kappa shape index (κ3) is 2.37. The predicted molar refractivity (Wildman–Crippen MR) is 69.6 cm³/mol. The number of carbonyl (C=O) groups is 1. The summed E-state index contributed by atoms with van der Waals surface area (Å²) in [6.07, 6.45) is 2.39. The van der Waals surface area contributed by atoms with Crippen LogP contribution in [0.25, 0.3) is 5.82 Å². The van der Waals surface area contributed by atoms with Gasteiger partial charge in [0.1, 0.15) is 12.5 Å². The summed E-state index contributed by atoms with van der Waals surface area (Å²) in [5.74, 6) is -0.522. The van der Waals surface area contributed by atoms with Crippen molar-refractivity contribution in [3.8, 4) is 5.82 Å². The molecule has 0 aromatic carbocycles.